The van der Waals surface area contributed by atoms with E-state index in [1.807, 2.05) is 0 Å². The van der Waals surface area contributed by atoms with Crippen molar-refractivity contribution in [2.75, 3.05) is 6.61 Å². The van der Waals surface area contributed by atoms with Gasteiger partial charge in [-0.05, 0) is 66.6 Å². The summed E-state index contributed by atoms with van der Waals surface area (Å²) < 4.78 is 19.8. The monoisotopic (exact) mass is 312 g/mol. The number of rotatable bonds is 0. The van der Waals surface area contributed by atoms with Gasteiger partial charge in [0.15, 0.2) is 6.29 Å². The van der Waals surface area contributed by atoms with E-state index < -0.39 is 18.6 Å². The van der Waals surface area contributed by atoms with E-state index in [9.17, 15) is 14.6 Å². The summed E-state index contributed by atoms with van der Waals surface area (Å²) in [6.45, 7) is 5.06. The second-order valence-electron chi connectivity index (χ2n) is 8.90. The van der Waals surface area contributed by atoms with E-state index in [1.165, 1.54) is 0 Å². The van der Waals surface area contributed by atoms with E-state index in [2.05, 4.69) is 13.8 Å². The van der Waals surface area contributed by atoms with Crippen molar-refractivity contribution in [3.05, 3.63) is 0 Å². The molecule has 2 N–H and O–H groups in total. The zero-order valence-electron chi connectivity index (χ0n) is 13.7. The number of hydrogen-bond acceptors (Lipinski definition) is 3. The molecular formula is C18H29FO3. The van der Waals surface area contributed by atoms with Crippen LogP contribution in [0.5, 0.6) is 0 Å². The lowest BCUT2D eigenvalue weighted by Gasteiger charge is -2.60. The second-order valence-corrected chi connectivity index (χ2v) is 8.90. The largest absolute Gasteiger partial charge is 0.390 e. The summed E-state index contributed by atoms with van der Waals surface area (Å²) in [5.74, 6) is 1.89. The van der Waals surface area contributed by atoms with Gasteiger partial charge in [-0.1, -0.05) is 13.8 Å². The molecule has 3 nitrogen and oxygen atoms in total. The maximum atomic E-state index is 14.2. The summed E-state index contributed by atoms with van der Waals surface area (Å²) in [6, 6.07) is 0. The minimum Gasteiger partial charge on any atom is -0.390 e. The third-order valence-electron chi connectivity index (χ3n) is 8.07. The second kappa shape index (κ2) is 4.90. The Balaban J connectivity index is 1.63. The predicted octanol–water partition coefficient (Wildman–Crippen LogP) is 2.89. The Kier molecular flexibility index (Phi) is 3.42. The number of hydrogen-bond donors (Lipinski definition) is 2. The van der Waals surface area contributed by atoms with Crippen molar-refractivity contribution in [1.82, 2.24) is 0 Å². The van der Waals surface area contributed by atoms with Crippen LogP contribution in [0.4, 0.5) is 4.39 Å². The fraction of sp³-hybridized carbons (Fsp3) is 1.00. The Hall–Kier alpha value is -0.190. The van der Waals surface area contributed by atoms with Gasteiger partial charge in [-0.3, -0.25) is 0 Å². The topological polar surface area (TPSA) is 49.7 Å². The molecule has 0 amide bonds. The standard InChI is InChI=1S/C18H29FO3/c1-17-6-5-12-11(13(17)8-14(19)16(17)21)4-3-10-7-15(20)22-9-18(10,12)2/h10-16,20-21H,3-9H2,1-2H3/t10?,11-,12+,13+,14-,15-,16+,17+,18+/m1/s1. The van der Waals surface area contributed by atoms with Gasteiger partial charge in [-0.2, -0.15) is 0 Å². The van der Waals surface area contributed by atoms with Crippen molar-refractivity contribution in [3.63, 3.8) is 0 Å². The fourth-order valence-electron chi connectivity index (χ4n) is 6.68. The van der Waals surface area contributed by atoms with Crippen molar-refractivity contribution in [2.45, 2.75) is 70.9 Å². The highest BCUT2D eigenvalue weighted by atomic mass is 19.1. The normalized spacial score (nSPS) is 61.2. The summed E-state index contributed by atoms with van der Waals surface area (Å²) in [5, 5.41) is 20.2. The Morgan fingerprint density at radius 2 is 1.77 bits per heavy atom. The van der Waals surface area contributed by atoms with Crippen LogP contribution in [0, 0.1) is 34.5 Å². The molecule has 1 unspecified atom stereocenters. The minimum atomic E-state index is -1.05. The molecule has 4 fully saturated rings. The van der Waals surface area contributed by atoms with Crippen molar-refractivity contribution < 1.29 is 19.3 Å². The molecule has 1 saturated heterocycles. The SMILES string of the molecule is C[C@]12CC[C@H]3[C@@H](CCC4C[C@H](O)OC[C@@]43C)[C@@H]1C[C@@H](F)[C@@H]2O. The van der Waals surface area contributed by atoms with E-state index in [1.54, 1.807) is 0 Å². The van der Waals surface area contributed by atoms with Gasteiger partial charge in [0.2, 0.25) is 0 Å². The van der Waals surface area contributed by atoms with Crippen molar-refractivity contribution in [1.29, 1.82) is 0 Å². The lowest BCUT2D eigenvalue weighted by molar-refractivity contribution is -0.228. The average molecular weight is 312 g/mol. The van der Waals surface area contributed by atoms with Gasteiger partial charge in [-0.25, -0.2) is 4.39 Å². The quantitative estimate of drug-likeness (QED) is 0.723. The smallest absolute Gasteiger partial charge is 0.154 e. The van der Waals surface area contributed by atoms with Crippen LogP contribution in [-0.2, 0) is 4.74 Å². The first kappa shape index (κ1) is 15.3. The van der Waals surface area contributed by atoms with Crippen molar-refractivity contribution in [3.8, 4) is 0 Å². The van der Waals surface area contributed by atoms with Crippen molar-refractivity contribution >= 4 is 0 Å². The lowest BCUT2D eigenvalue weighted by Crippen LogP contribution is -2.56. The van der Waals surface area contributed by atoms with E-state index in [0.29, 0.717) is 36.7 Å². The Labute approximate surface area is 132 Å². The van der Waals surface area contributed by atoms with Gasteiger partial charge < -0.3 is 14.9 Å². The van der Waals surface area contributed by atoms with E-state index in [-0.39, 0.29) is 10.8 Å². The first-order chi connectivity index (χ1) is 10.4. The summed E-state index contributed by atoms with van der Waals surface area (Å²) in [5.41, 5.74) is -0.123. The molecule has 4 rings (SSSR count). The molecule has 0 spiro atoms. The Bertz CT molecular complexity index is 458. The molecule has 4 heteroatoms. The van der Waals surface area contributed by atoms with Gasteiger partial charge in [0, 0.05) is 6.42 Å². The van der Waals surface area contributed by atoms with Crippen LogP contribution in [0.15, 0.2) is 0 Å². The molecule has 0 aromatic rings. The number of aliphatic hydroxyl groups is 2. The summed E-state index contributed by atoms with van der Waals surface area (Å²) in [7, 11) is 0. The highest BCUT2D eigenvalue weighted by Crippen LogP contribution is 2.65. The first-order valence-electron chi connectivity index (χ1n) is 8.98. The molecule has 1 heterocycles. The minimum absolute atomic E-state index is 0.114. The Morgan fingerprint density at radius 3 is 2.55 bits per heavy atom. The Morgan fingerprint density at radius 1 is 1.00 bits per heavy atom. The molecule has 1 aliphatic heterocycles. The highest BCUT2D eigenvalue weighted by Gasteiger charge is 2.62. The number of fused-ring (bicyclic) bond motifs is 5. The predicted molar refractivity (Wildman–Crippen MR) is 80.7 cm³/mol. The average Bonchev–Trinajstić information content (AvgIpc) is 2.72. The lowest BCUT2D eigenvalue weighted by atomic mass is 9.47. The zero-order valence-corrected chi connectivity index (χ0v) is 13.7. The number of ether oxygens (including phenoxy) is 1. The maximum Gasteiger partial charge on any atom is 0.154 e. The van der Waals surface area contributed by atoms with Crippen molar-refractivity contribution in [2.24, 2.45) is 34.5 Å². The first-order valence-corrected chi connectivity index (χ1v) is 8.98. The summed E-state index contributed by atoms with van der Waals surface area (Å²) >= 11 is 0. The van der Waals surface area contributed by atoms with Gasteiger partial charge in [-0.15, -0.1) is 0 Å². The van der Waals surface area contributed by atoms with Crippen LogP contribution in [0.25, 0.3) is 0 Å². The van der Waals surface area contributed by atoms with Crippen LogP contribution in [0.1, 0.15) is 52.4 Å². The molecular weight excluding hydrogens is 283 g/mol. The van der Waals surface area contributed by atoms with Gasteiger partial charge in [0.1, 0.15) is 6.17 Å². The maximum absolute atomic E-state index is 14.2. The summed E-state index contributed by atoms with van der Waals surface area (Å²) in [4.78, 5) is 0. The highest BCUT2D eigenvalue weighted by molar-refractivity contribution is 5.11. The number of aliphatic hydroxyl groups excluding tert-OH is 2. The fourth-order valence-corrected chi connectivity index (χ4v) is 6.68. The molecule has 0 radical (unpaired) electrons. The third kappa shape index (κ3) is 1.90. The molecule has 22 heavy (non-hydrogen) atoms. The molecule has 4 aliphatic rings. The number of halogens is 1. The zero-order chi connectivity index (χ0) is 15.7. The van der Waals surface area contributed by atoms with E-state index >= 15 is 0 Å². The molecule has 0 aromatic heterocycles. The van der Waals surface area contributed by atoms with E-state index in [4.69, 9.17) is 4.74 Å². The van der Waals surface area contributed by atoms with Gasteiger partial charge in [0.05, 0.1) is 12.7 Å². The third-order valence-corrected chi connectivity index (χ3v) is 8.07. The van der Waals surface area contributed by atoms with Crippen LogP contribution in [0.3, 0.4) is 0 Å². The number of alkyl halides is 1. The van der Waals surface area contributed by atoms with Crippen LogP contribution >= 0.6 is 0 Å². The molecule has 9 atom stereocenters. The molecule has 0 bridgehead atoms. The van der Waals surface area contributed by atoms with Gasteiger partial charge >= 0.3 is 0 Å². The summed E-state index contributed by atoms with van der Waals surface area (Å²) in [6.07, 6.45) is 3.05. The molecule has 126 valence electrons. The van der Waals surface area contributed by atoms with Crippen LogP contribution in [0.2, 0.25) is 0 Å². The molecule has 0 aromatic carbocycles. The van der Waals surface area contributed by atoms with Gasteiger partial charge in [0.25, 0.3) is 0 Å². The van der Waals surface area contributed by atoms with Crippen LogP contribution in [-0.4, -0.2) is 35.4 Å². The molecule has 3 aliphatic carbocycles. The molecule has 3 saturated carbocycles. The van der Waals surface area contributed by atoms with E-state index in [0.717, 1.165) is 32.1 Å². The van der Waals surface area contributed by atoms with Crippen LogP contribution < -0.4 is 0 Å².